The summed E-state index contributed by atoms with van der Waals surface area (Å²) in [6, 6.07) is 13.4. The van der Waals surface area contributed by atoms with Crippen molar-refractivity contribution in [2.75, 3.05) is 63.2 Å². The molecule has 0 N–H and O–H groups in total. The Morgan fingerprint density at radius 2 is 1.85 bits per heavy atom. The molecule has 210 valence electrons. The van der Waals surface area contributed by atoms with Crippen LogP contribution in [0.5, 0.6) is 6.01 Å². The summed E-state index contributed by atoms with van der Waals surface area (Å²) in [5.41, 5.74) is 3.42. The number of anilines is 2. The Morgan fingerprint density at radius 1 is 1.05 bits per heavy atom. The van der Waals surface area contributed by atoms with Crippen LogP contribution in [0.4, 0.5) is 11.5 Å². The van der Waals surface area contributed by atoms with Crippen LogP contribution in [-0.2, 0) is 13.0 Å². The summed E-state index contributed by atoms with van der Waals surface area (Å²) >= 11 is 6.70. The van der Waals surface area contributed by atoms with Gasteiger partial charge in [0.1, 0.15) is 12.4 Å². The van der Waals surface area contributed by atoms with Crippen molar-refractivity contribution in [3.63, 3.8) is 0 Å². The van der Waals surface area contributed by atoms with Gasteiger partial charge in [-0.05, 0) is 69.1 Å². The lowest BCUT2D eigenvalue weighted by Gasteiger charge is -2.37. The number of halogens is 1. The molecule has 0 spiro atoms. The molecule has 0 bridgehead atoms. The summed E-state index contributed by atoms with van der Waals surface area (Å²) in [7, 11) is 4.04. The SMILES string of the molecule is CN(C#N)CC1CCN(c2nc(OC[C@@H]3CCCN3C)nc3c2CCN(c2cccc4cccc(Cl)c24)C3)CC1. The molecule has 0 amide bonds. The zero-order valence-corrected chi connectivity index (χ0v) is 24.3. The molecule has 4 heterocycles. The van der Waals surface area contributed by atoms with Gasteiger partial charge in [-0.1, -0.05) is 35.9 Å². The number of benzene rings is 2. The van der Waals surface area contributed by atoms with Crippen LogP contribution in [0.2, 0.25) is 5.02 Å². The summed E-state index contributed by atoms with van der Waals surface area (Å²) in [5.74, 6) is 1.56. The van der Waals surface area contributed by atoms with Crippen molar-refractivity contribution >= 4 is 33.9 Å². The quantitative estimate of drug-likeness (QED) is 0.297. The molecule has 1 atom stereocenters. The van der Waals surface area contributed by atoms with E-state index in [2.05, 4.69) is 52.2 Å². The van der Waals surface area contributed by atoms with Crippen molar-refractivity contribution in [3.8, 4) is 12.2 Å². The van der Waals surface area contributed by atoms with Gasteiger partial charge in [0.05, 0.1) is 17.3 Å². The fourth-order valence-electron chi connectivity index (χ4n) is 6.58. The maximum Gasteiger partial charge on any atom is 0.318 e. The molecule has 0 unspecified atom stereocenters. The van der Waals surface area contributed by atoms with Crippen LogP contribution in [0.1, 0.15) is 36.9 Å². The molecule has 0 saturated carbocycles. The van der Waals surface area contributed by atoms with Crippen LogP contribution in [0, 0.1) is 17.4 Å². The number of piperidine rings is 1. The summed E-state index contributed by atoms with van der Waals surface area (Å²) in [6.07, 6.45) is 7.57. The number of aromatic nitrogens is 2. The molecule has 2 aromatic carbocycles. The number of nitrogens with zero attached hydrogens (tertiary/aromatic N) is 7. The smallest absolute Gasteiger partial charge is 0.318 e. The average molecular weight is 560 g/mol. The largest absolute Gasteiger partial charge is 0.462 e. The highest BCUT2D eigenvalue weighted by atomic mass is 35.5. The maximum atomic E-state index is 9.20. The van der Waals surface area contributed by atoms with Gasteiger partial charge in [-0.25, -0.2) is 0 Å². The minimum absolute atomic E-state index is 0.408. The van der Waals surface area contributed by atoms with Crippen LogP contribution in [-0.4, -0.2) is 79.2 Å². The highest BCUT2D eigenvalue weighted by Crippen LogP contribution is 2.37. The van der Waals surface area contributed by atoms with E-state index in [1.54, 1.807) is 4.90 Å². The van der Waals surface area contributed by atoms with E-state index in [0.29, 0.717) is 31.1 Å². The Kier molecular flexibility index (Phi) is 7.86. The van der Waals surface area contributed by atoms with Gasteiger partial charge in [0.25, 0.3) is 0 Å². The Hall–Kier alpha value is -3.28. The second kappa shape index (κ2) is 11.7. The Morgan fingerprint density at radius 3 is 2.60 bits per heavy atom. The third kappa shape index (κ3) is 5.50. The van der Waals surface area contributed by atoms with Crippen molar-refractivity contribution in [2.24, 2.45) is 5.92 Å². The van der Waals surface area contributed by atoms with E-state index in [0.717, 1.165) is 91.4 Å². The highest BCUT2D eigenvalue weighted by Gasteiger charge is 2.30. The molecular weight excluding hydrogens is 522 g/mol. The zero-order valence-electron chi connectivity index (χ0n) is 23.5. The van der Waals surface area contributed by atoms with Gasteiger partial charge in [-0.3, -0.25) is 0 Å². The predicted octanol–water partition coefficient (Wildman–Crippen LogP) is 4.95. The van der Waals surface area contributed by atoms with Crippen molar-refractivity contribution in [3.05, 3.63) is 52.7 Å². The molecule has 2 fully saturated rings. The normalized spacial score (nSPS) is 20.0. The third-order valence-corrected chi connectivity index (χ3v) is 9.20. The van der Waals surface area contributed by atoms with Gasteiger partial charge in [-0.15, -0.1) is 0 Å². The summed E-state index contributed by atoms with van der Waals surface area (Å²) < 4.78 is 6.30. The van der Waals surface area contributed by atoms with Crippen LogP contribution in [0.25, 0.3) is 10.8 Å². The van der Waals surface area contributed by atoms with Crippen LogP contribution in [0.3, 0.4) is 0 Å². The molecule has 40 heavy (non-hydrogen) atoms. The van der Waals surface area contributed by atoms with E-state index in [-0.39, 0.29) is 0 Å². The van der Waals surface area contributed by atoms with E-state index >= 15 is 0 Å². The number of hydrogen-bond acceptors (Lipinski definition) is 8. The average Bonchev–Trinajstić information content (AvgIpc) is 3.40. The first-order valence-corrected chi connectivity index (χ1v) is 14.9. The number of ether oxygens (including phenoxy) is 1. The van der Waals surface area contributed by atoms with Crippen molar-refractivity contribution in [1.82, 2.24) is 19.8 Å². The van der Waals surface area contributed by atoms with E-state index in [1.165, 1.54) is 12.0 Å². The van der Waals surface area contributed by atoms with Gasteiger partial charge >= 0.3 is 6.01 Å². The molecule has 8 nitrogen and oxygen atoms in total. The Labute approximate surface area is 242 Å². The molecule has 1 aromatic heterocycles. The van der Waals surface area contributed by atoms with Crippen molar-refractivity contribution < 1.29 is 4.74 Å². The van der Waals surface area contributed by atoms with E-state index in [1.807, 2.05) is 19.2 Å². The Bertz CT molecular complexity index is 1400. The molecule has 0 radical (unpaired) electrons. The van der Waals surface area contributed by atoms with E-state index in [4.69, 9.17) is 26.3 Å². The van der Waals surface area contributed by atoms with Crippen LogP contribution >= 0.6 is 11.6 Å². The van der Waals surface area contributed by atoms with Gasteiger partial charge in [0, 0.05) is 55.9 Å². The second-order valence-corrected chi connectivity index (χ2v) is 11.9. The summed E-state index contributed by atoms with van der Waals surface area (Å²) in [4.78, 5) is 19.0. The molecule has 3 aliphatic heterocycles. The van der Waals surface area contributed by atoms with Gasteiger partial charge in [0.15, 0.2) is 6.19 Å². The highest BCUT2D eigenvalue weighted by molar-refractivity contribution is 6.36. The summed E-state index contributed by atoms with van der Waals surface area (Å²) in [6.45, 7) is 5.98. The molecular formula is C31H38ClN7O. The molecule has 0 aliphatic carbocycles. The number of likely N-dealkylation sites (N-methyl/N-ethyl adjacent to an activating group) is 1. The fourth-order valence-corrected chi connectivity index (χ4v) is 6.85. The zero-order chi connectivity index (χ0) is 27.6. The second-order valence-electron chi connectivity index (χ2n) is 11.5. The fraction of sp³-hybridized carbons (Fsp3) is 0.516. The monoisotopic (exact) mass is 559 g/mol. The lowest BCUT2D eigenvalue weighted by atomic mass is 9.95. The number of hydrogen-bond donors (Lipinski definition) is 0. The topological polar surface area (TPSA) is 71.8 Å². The predicted molar refractivity (Wildman–Crippen MR) is 160 cm³/mol. The third-order valence-electron chi connectivity index (χ3n) is 8.89. The molecule has 2 saturated heterocycles. The standard InChI is InChI=1S/C31H38ClN7O/c1-36(21-33)18-22-11-15-38(16-12-22)30-25-13-17-39(28-10-4-7-23-6-3-9-26(32)29(23)28)19-27(25)34-31(35-30)40-20-24-8-5-14-37(24)2/h3-4,6-7,9-10,22,24H,5,8,11-20H2,1-2H3/t24-/m0/s1. The number of rotatable bonds is 7. The first-order chi connectivity index (χ1) is 19.5. The molecule has 3 aromatic rings. The van der Waals surface area contributed by atoms with Gasteiger partial charge in [-0.2, -0.15) is 15.2 Å². The number of likely N-dealkylation sites (tertiary alicyclic amines) is 1. The lowest BCUT2D eigenvalue weighted by molar-refractivity contribution is 0.187. The Balaban J connectivity index is 1.28. The number of fused-ring (bicyclic) bond motifs is 2. The first kappa shape index (κ1) is 26.9. The molecule has 6 rings (SSSR count). The number of nitriles is 1. The lowest BCUT2D eigenvalue weighted by Crippen LogP contribution is -2.40. The van der Waals surface area contributed by atoms with Gasteiger partial charge < -0.3 is 24.3 Å². The van der Waals surface area contributed by atoms with Crippen molar-refractivity contribution in [2.45, 2.75) is 44.7 Å². The van der Waals surface area contributed by atoms with Crippen molar-refractivity contribution in [1.29, 1.82) is 5.26 Å². The first-order valence-electron chi connectivity index (χ1n) is 14.5. The van der Waals surface area contributed by atoms with E-state index < -0.39 is 0 Å². The van der Waals surface area contributed by atoms with Crippen LogP contribution in [0.15, 0.2) is 36.4 Å². The minimum Gasteiger partial charge on any atom is -0.462 e. The molecule has 3 aliphatic rings. The van der Waals surface area contributed by atoms with E-state index in [9.17, 15) is 5.26 Å². The van der Waals surface area contributed by atoms with Gasteiger partial charge in [0.2, 0.25) is 0 Å². The molecule has 9 heteroatoms. The minimum atomic E-state index is 0.408. The van der Waals surface area contributed by atoms with Crippen LogP contribution < -0.4 is 14.5 Å². The summed E-state index contributed by atoms with van der Waals surface area (Å²) in [5, 5.41) is 12.2. The maximum absolute atomic E-state index is 9.20.